The molecule has 1 N–H and O–H groups in total. The zero-order chi connectivity index (χ0) is 14.7. The van der Waals surface area contributed by atoms with Gasteiger partial charge in [-0.05, 0) is 38.3 Å². The highest BCUT2D eigenvalue weighted by molar-refractivity contribution is 5.35. The van der Waals surface area contributed by atoms with E-state index in [0.717, 1.165) is 29.1 Å². The van der Waals surface area contributed by atoms with E-state index in [0.29, 0.717) is 6.42 Å². The van der Waals surface area contributed by atoms with Gasteiger partial charge in [-0.15, -0.1) is 0 Å². The Bertz CT molecular complexity index is 590. The Morgan fingerprint density at radius 1 is 1.30 bits per heavy atom. The van der Waals surface area contributed by atoms with E-state index >= 15 is 0 Å². The first-order chi connectivity index (χ1) is 9.54. The molecule has 1 heterocycles. The molecule has 4 heteroatoms. The number of methoxy groups -OCH3 is 1. The van der Waals surface area contributed by atoms with Gasteiger partial charge in [-0.2, -0.15) is 5.10 Å². The maximum atomic E-state index is 10.4. The summed E-state index contributed by atoms with van der Waals surface area (Å²) in [5.41, 5.74) is 4.27. The van der Waals surface area contributed by atoms with E-state index in [2.05, 4.69) is 12.0 Å². The molecule has 0 aliphatic rings. The number of ether oxygens (including phenoxy) is 1. The van der Waals surface area contributed by atoms with Gasteiger partial charge in [0.25, 0.3) is 0 Å². The summed E-state index contributed by atoms with van der Waals surface area (Å²) in [5.74, 6) is 0.736. The molecule has 4 nitrogen and oxygen atoms in total. The van der Waals surface area contributed by atoms with E-state index in [-0.39, 0.29) is 0 Å². The minimum absolute atomic E-state index is 0.523. The molecule has 2 rings (SSSR count). The Morgan fingerprint density at radius 2 is 2.00 bits per heavy atom. The summed E-state index contributed by atoms with van der Waals surface area (Å²) in [6.07, 6.45) is 0.948. The van der Waals surface area contributed by atoms with E-state index < -0.39 is 6.10 Å². The van der Waals surface area contributed by atoms with Crippen LogP contribution in [-0.4, -0.2) is 22.0 Å². The largest absolute Gasteiger partial charge is 0.496 e. The number of benzene rings is 1. The van der Waals surface area contributed by atoms with Crippen LogP contribution < -0.4 is 4.74 Å². The molecule has 0 radical (unpaired) electrons. The molecule has 0 aliphatic heterocycles. The van der Waals surface area contributed by atoms with Crippen LogP contribution >= 0.6 is 0 Å². The van der Waals surface area contributed by atoms with Gasteiger partial charge in [0, 0.05) is 18.3 Å². The Kier molecular flexibility index (Phi) is 4.45. The van der Waals surface area contributed by atoms with Crippen molar-refractivity contribution in [3.63, 3.8) is 0 Å². The average Bonchev–Trinajstić information content (AvgIpc) is 2.70. The highest BCUT2D eigenvalue weighted by atomic mass is 16.5. The van der Waals surface area contributed by atoms with Crippen molar-refractivity contribution in [2.45, 2.75) is 32.8 Å². The van der Waals surface area contributed by atoms with Crippen molar-refractivity contribution in [1.29, 1.82) is 0 Å². The second-order valence-corrected chi connectivity index (χ2v) is 5.07. The molecule has 0 fully saturated rings. The van der Waals surface area contributed by atoms with Crippen LogP contribution in [-0.2, 0) is 13.5 Å². The van der Waals surface area contributed by atoms with Crippen LogP contribution in [0.15, 0.2) is 24.3 Å². The topological polar surface area (TPSA) is 47.3 Å². The number of para-hydroxylation sites is 1. The van der Waals surface area contributed by atoms with E-state index in [4.69, 9.17) is 4.74 Å². The van der Waals surface area contributed by atoms with Crippen molar-refractivity contribution in [2.24, 2.45) is 7.05 Å². The Labute approximate surface area is 120 Å². The molecule has 1 aromatic carbocycles. The van der Waals surface area contributed by atoms with Gasteiger partial charge in [0.15, 0.2) is 0 Å². The van der Waals surface area contributed by atoms with Gasteiger partial charge in [-0.25, -0.2) is 0 Å². The first-order valence-corrected chi connectivity index (χ1v) is 6.84. The van der Waals surface area contributed by atoms with Gasteiger partial charge in [0.05, 0.1) is 18.9 Å². The summed E-state index contributed by atoms with van der Waals surface area (Å²) in [5, 5.41) is 14.8. The number of hydrogen-bond donors (Lipinski definition) is 1. The fourth-order valence-corrected chi connectivity index (χ4v) is 2.56. The maximum Gasteiger partial charge on any atom is 0.124 e. The van der Waals surface area contributed by atoms with Crippen molar-refractivity contribution >= 4 is 0 Å². The summed E-state index contributed by atoms with van der Waals surface area (Å²) in [4.78, 5) is 0. The molecular weight excluding hydrogens is 252 g/mol. The Morgan fingerprint density at radius 3 is 2.60 bits per heavy atom. The number of aliphatic hydroxyl groups is 1. The third kappa shape index (κ3) is 2.85. The number of aromatic nitrogens is 2. The van der Waals surface area contributed by atoms with Gasteiger partial charge in [-0.3, -0.25) is 4.68 Å². The monoisotopic (exact) mass is 274 g/mol. The number of aliphatic hydroxyl groups excluding tert-OH is 1. The van der Waals surface area contributed by atoms with Crippen LogP contribution in [0.1, 0.15) is 35.0 Å². The highest BCUT2D eigenvalue weighted by Gasteiger charge is 2.15. The van der Waals surface area contributed by atoms with Crippen LogP contribution in [0.25, 0.3) is 0 Å². The lowest BCUT2D eigenvalue weighted by Gasteiger charge is -2.14. The van der Waals surface area contributed by atoms with Gasteiger partial charge < -0.3 is 9.84 Å². The molecule has 0 spiro atoms. The zero-order valence-corrected chi connectivity index (χ0v) is 12.6. The minimum Gasteiger partial charge on any atom is -0.496 e. The third-order valence-electron chi connectivity index (χ3n) is 3.82. The molecular formula is C16H22N2O2. The van der Waals surface area contributed by atoms with E-state index in [1.165, 1.54) is 5.56 Å². The van der Waals surface area contributed by atoms with Gasteiger partial charge in [-0.1, -0.05) is 18.2 Å². The molecule has 20 heavy (non-hydrogen) atoms. The number of aryl methyl sites for hydroxylation is 2. The van der Waals surface area contributed by atoms with Crippen LogP contribution in [0.4, 0.5) is 0 Å². The standard InChI is InChI=1S/C16H22N2O2/c1-11-13(12(2)18(3)17-11)9-10-15(19)14-7-5-6-8-16(14)20-4/h5-8,15,19H,9-10H2,1-4H3. The average molecular weight is 274 g/mol. The lowest BCUT2D eigenvalue weighted by molar-refractivity contribution is 0.163. The van der Waals surface area contributed by atoms with E-state index in [9.17, 15) is 5.11 Å². The smallest absolute Gasteiger partial charge is 0.124 e. The molecule has 1 atom stereocenters. The van der Waals surface area contributed by atoms with Crippen molar-refractivity contribution in [3.05, 3.63) is 46.8 Å². The molecule has 108 valence electrons. The van der Waals surface area contributed by atoms with Gasteiger partial charge in [0.1, 0.15) is 5.75 Å². The summed E-state index contributed by atoms with van der Waals surface area (Å²) in [6, 6.07) is 7.61. The van der Waals surface area contributed by atoms with Crippen LogP contribution in [0, 0.1) is 13.8 Å². The molecule has 1 aromatic heterocycles. The fraction of sp³-hybridized carbons (Fsp3) is 0.438. The molecule has 0 bridgehead atoms. The highest BCUT2D eigenvalue weighted by Crippen LogP contribution is 2.28. The number of rotatable bonds is 5. The summed E-state index contributed by atoms with van der Waals surface area (Å²) in [7, 11) is 3.57. The lowest BCUT2D eigenvalue weighted by Crippen LogP contribution is -2.03. The quantitative estimate of drug-likeness (QED) is 0.912. The van der Waals surface area contributed by atoms with Crippen LogP contribution in [0.5, 0.6) is 5.75 Å². The van der Waals surface area contributed by atoms with Crippen LogP contribution in [0.2, 0.25) is 0 Å². The first-order valence-electron chi connectivity index (χ1n) is 6.84. The van der Waals surface area contributed by atoms with E-state index in [1.54, 1.807) is 7.11 Å². The normalized spacial score (nSPS) is 12.4. The van der Waals surface area contributed by atoms with Crippen molar-refractivity contribution in [1.82, 2.24) is 9.78 Å². The molecule has 0 saturated carbocycles. The van der Waals surface area contributed by atoms with Crippen molar-refractivity contribution < 1.29 is 9.84 Å². The predicted molar refractivity (Wildman–Crippen MR) is 79.0 cm³/mol. The van der Waals surface area contributed by atoms with Gasteiger partial charge >= 0.3 is 0 Å². The Hall–Kier alpha value is -1.81. The molecule has 2 aromatic rings. The summed E-state index contributed by atoms with van der Waals surface area (Å²) in [6.45, 7) is 4.07. The SMILES string of the molecule is COc1ccccc1C(O)CCc1c(C)nn(C)c1C. The second-order valence-electron chi connectivity index (χ2n) is 5.07. The maximum absolute atomic E-state index is 10.4. The molecule has 0 amide bonds. The molecule has 0 saturated heterocycles. The predicted octanol–water partition coefficient (Wildman–Crippen LogP) is 2.71. The third-order valence-corrected chi connectivity index (χ3v) is 3.82. The molecule has 1 unspecified atom stereocenters. The summed E-state index contributed by atoms with van der Waals surface area (Å²) < 4.78 is 7.18. The first kappa shape index (κ1) is 14.6. The van der Waals surface area contributed by atoms with Gasteiger partial charge in [0.2, 0.25) is 0 Å². The van der Waals surface area contributed by atoms with Crippen LogP contribution in [0.3, 0.4) is 0 Å². The Balaban J connectivity index is 2.10. The van der Waals surface area contributed by atoms with Crippen molar-refractivity contribution in [3.8, 4) is 5.75 Å². The second kappa shape index (κ2) is 6.09. The zero-order valence-electron chi connectivity index (χ0n) is 12.6. The molecule has 0 aliphatic carbocycles. The number of nitrogens with zero attached hydrogens (tertiary/aromatic N) is 2. The fourth-order valence-electron chi connectivity index (χ4n) is 2.56. The van der Waals surface area contributed by atoms with E-state index in [1.807, 2.05) is 42.9 Å². The number of hydrogen-bond acceptors (Lipinski definition) is 3. The minimum atomic E-state index is -0.523. The summed E-state index contributed by atoms with van der Waals surface area (Å²) >= 11 is 0. The van der Waals surface area contributed by atoms with Crippen molar-refractivity contribution in [2.75, 3.05) is 7.11 Å². The lowest BCUT2D eigenvalue weighted by atomic mass is 9.99.